The minimum Gasteiger partial charge on any atom is -0.300 e. The first-order valence-electron chi connectivity index (χ1n) is 9.95. The van der Waals surface area contributed by atoms with E-state index in [1.165, 1.54) is 32.1 Å². The SMILES string of the molecule is CC(=O)[C@H]1CC[C@H]2[C@@H]3CC[C@@H]4CC(=O)[C@H](C)C[C@@H]4[C@H]3CC[C@]12C. The summed E-state index contributed by atoms with van der Waals surface area (Å²) in [6, 6.07) is 0. The topological polar surface area (TPSA) is 34.1 Å². The van der Waals surface area contributed by atoms with Gasteiger partial charge in [0, 0.05) is 18.3 Å². The number of carbonyl (C=O) groups is 2. The fourth-order valence-electron chi connectivity index (χ4n) is 7.52. The first-order valence-corrected chi connectivity index (χ1v) is 9.95. The molecule has 0 unspecified atom stereocenters. The molecule has 0 amide bonds. The van der Waals surface area contributed by atoms with Crippen molar-refractivity contribution in [2.75, 3.05) is 0 Å². The minimum atomic E-state index is 0.274. The highest BCUT2D eigenvalue weighted by Gasteiger charge is 2.58. The molecule has 2 heteroatoms. The highest BCUT2D eigenvalue weighted by Crippen LogP contribution is 2.64. The van der Waals surface area contributed by atoms with Crippen molar-refractivity contribution < 1.29 is 9.59 Å². The number of Topliss-reactive ketones (excluding diaryl/α,β-unsaturated/α-hetero) is 2. The van der Waals surface area contributed by atoms with Crippen molar-refractivity contribution in [2.24, 2.45) is 46.8 Å². The van der Waals surface area contributed by atoms with Gasteiger partial charge in [-0.2, -0.15) is 0 Å². The Balaban J connectivity index is 1.58. The number of rotatable bonds is 1. The Bertz CT molecular complexity index is 524. The predicted molar refractivity (Wildman–Crippen MR) is 90.8 cm³/mol. The Kier molecular flexibility index (Phi) is 3.74. The molecule has 23 heavy (non-hydrogen) atoms. The maximum Gasteiger partial charge on any atom is 0.135 e. The molecular weight excluding hydrogens is 284 g/mol. The van der Waals surface area contributed by atoms with E-state index in [0.29, 0.717) is 23.4 Å². The minimum absolute atomic E-state index is 0.274. The lowest BCUT2D eigenvalue weighted by Crippen LogP contribution is -2.50. The van der Waals surface area contributed by atoms with Crippen molar-refractivity contribution in [2.45, 2.75) is 72.1 Å². The number of hydrogen-bond acceptors (Lipinski definition) is 2. The molecule has 0 radical (unpaired) electrons. The van der Waals surface area contributed by atoms with Gasteiger partial charge in [-0.25, -0.2) is 0 Å². The standard InChI is InChI=1S/C21H32O2/c1-12-10-17-14(11-20(12)23)4-5-16-15(17)8-9-21(3)18(13(2)22)6-7-19(16)21/h12,14-19H,4-11H2,1-3H3/t12-,14-,15+,16-,17+,18-,19+,21-/m1/s1. The van der Waals surface area contributed by atoms with E-state index < -0.39 is 0 Å². The Labute approximate surface area is 140 Å². The smallest absolute Gasteiger partial charge is 0.135 e. The van der Waals surface area contributed by atoms with Gasteiger partial charge in [-0.05, 0) is 86.9 Å². The van der Waals surface area contributed by atoms with Gasteiger partial charge in [0.25, 0.3) is 0 Å². The molecule has 0 aromatic rings. The molecule has 128 valence electrons. The molecule has 0 aromatic heterocycles. The van der Waals surface area contributed by atoms with E-state index in [1.807, 2.05) is 6.92 Å². The van der Waals surface area contributed by atoms with Crippen molar-refractivity contribution in [1.82, 2.24) is 0 Å². The van der Waals surface area contributed by atoms with Crippen LogP contribution in [0.1, 0.15) is 72.1 Å². The lowest BCUT2D eigenvalue weighted by Gasteiger charge is -2.56. The molecule has 0 heterocycles. The first-order chi connectivity index (χ1) is 10.9. The Morgan fingerprint density at radius 3 is 2.57 bits per heavy atom. The lowest BCUT2D eigenvalue weighted by atomic mass is 9.49. The molecule has 0 saturated heterocycles. The maximum absolute atomic E-state index is 12.1. The Morgan fingerprint density at radius 1 is 1.04 bits per heavy atom. The Hall–Kier alpha value is -0.660. The monoisotopic (exact) mass is 316 g/mol. The second kappa shape index (κ2) is 5.43. The lowest BCUT2D eigenvalue weighted by molar-refractivity contribution is -0.135. The molecule has 0 aliphatic heterocycles. The zero-order valence-electron chi connectivity index (χ0n) is 15.0. The van der Waals surface area contributed by atoms with Crippen LogP contribution in [-0.2, 0) is 9.59 Å². The van der Waals surface area contributed by atoms with Crippen molar-refractivity contribution >= 4 is 11.6 Å². The van der Waals surface area contributed by atoms with Gasteiger partial charge >= 0.3 is 0 Å². The van der Waals surface area contributed by atoms with Crippen LogP contribution in [0.3, 0.4) is 0 Å². The molecule has 0 aromatic carbocycles. The van der Waals surface area contributed by atoms with E-state index in [4.69, 9.17) is 0 Å². The van der Waals surface area contributed by atoms with Crippen molar-refractivity contribution in [3.8, 4) is 0 Å². The third-order valence-electron chi connectivity index (χ3n) is 8.65. The molecule has 0 N–H and O–H groups in total. The fourth-order valence-corrected chi connectivity index (χ4v) is 7.52. The van der Waals surface area contributed by atoms with Gasteiger partial charge in [0.05, 0.1) is 0 Å². The van der Waals surface area contributed by atoms with Gasteiger partial charge in [-0.3, -0.25) is 9.59 Å². The van der Waals surface area contributed by atoms with Gasteiger partial charge in [0.1, 0.15) is 11.6 Å². The second-order valence-electron chi connectivity index (χ2n) is 9.53. The Morgan fingerprint density at radius 2 is 1.83 bits per heavy atom. The van der Waals surface area contributed by atoms with Crippen molar-refractivity contribution in [3.05, 3.63) is 0 Å². The largest absolute Gasteiger partial charge is 0.300 e. The maximum atomic E-state index is 12.1. The van der Waals surface area contributed by atoms with E-state index in [-0.39, 0.29) is 11.3 Å². The van der Waals surface area contributed by atoms with Crippen molar-refractivity contribution in [1.29, 1.82) is 0 Å². The summed E-state index contributed by atoms with van der Waals surface area (Å²) in [5, 5.41) is 0. The quantitative estimate of drug-likeness (QED) is 0.705. The predicted octanol–water partition coefficient (Wildman–Crippen LogP) is 4.66. The van der Waals surface area contributed by atoms with E-state index >= 15 is 0 Å². The first kappa shape index (κ1) is 15.8. The molecule has 0 spiro atoms. The third-order valence-corrected chi connectivity index (χ3v) is 8.65. The zero-order chi connectivity index (χ0) is 16.4. The summed E-state index contributed by atoms with van der Waals surface area (Å²) >= 11 is 0. The average Bonchev–Trinajstić information content (AvgIpc) is 2.86. The number of ketones is 2. The van der Waals surface area contributed by atoms with Crippen LogP contribution in [-0.4, -0.2) is 11.6 Å². The summed E-state index contributed by atoms with van der Waals surface area (Å²) in [6.07, 6.45) is 9.53. The number of carbonyl (C=O) groups excluding carboxylic acids is 2. The van der Waals surface area contributed by atoms with Crippen LogP contribution >= 0.6 is 0 Å². The van der Waals surface area contributed by atoms with Crippen LogP contribution in [0.4, 0.5) is 0 Å². The zero-order valence-corrected chi connectivity index (χ0v) is 15.0. The fraction of sp³-hybridized carbons (Fsp3) is 0.905. The molecule has 0 bridgehead atoms. The van der Waals surface area contributed by atoms with Gasteiger partial charge in [0.2, 0.25) is 0 Å². The highest BCUT2D eigenvalue weighted by molar-refractivity contribution is 5.81. The molecule has 4 aliphatic rings. The van der Waals surface area contributed by atoms with Crippen LogP contribution in [0.25, 0.3) is 0 Å². The van der Waals surface area contributed by atoms with Crippen molar-refractivity contribution in [3.63, 3.8) is 0 Å². The molecule has 4 rings (SSSR count). The highest BCUT2D eigenvalue weighted by atomic mass is 16.1. The van der Waals surface area contributed by atoms with Crippen LogP contribution in [0, 0.1) is 46.8 Å². The summed E-state index contributed by atoms with van der Waals surface area (Å²) in [7, 11) is 0. The van der Waals surface area contributed by atoms with E-state index in [0.717, 1.165) is 42.9 Å². The van der Waals surface area contributed by atoms with Crippen LogP contribution in [0.15, 0.2) is 0 Å². The van der Waals surface area contributed by atoms with Crippen LogP contribution in [0.2, 0.25) is 0 Å². The van der Waals surface area contributed by atoms with Gasteiger partial charge in [-0.15, -0.1) is 0 Å². The van der Waals surface area contributed by atoms with E-state index in [9.17, 15) is 9.59 Å². The summed E-state index contributed by atoms with van der Waals surface area (Å²) in [5.41, 5.74) is 0.274. The normalized spacial score (nSPS) is 52.5. The van der Waals surface area contributed by atoms with E-state index in [1.54, 1.807) is 0 Å². The molecule has 4 aliphatic carbocycles. The molecule has 4 fully saturated rings. The summed E-state index contributed by atoms with van der Waals surface area (Å²) in [4.78, 5) is 24.3. The summed E-state index contributed by atoms with van der Waals surface area (Å²) in [5.74, 6) is 5.46. The van der Waals surface area contributed by atoms with Crippen LogP contribution < -0.4 is 0 Å². The van der Waals surface area contributed by atoms with Gasteiger partial charge in [-0.1, -0.05) is 13.8 Å². The molecule has 4 saturated carbocycles. The molecular formula is C21H32O2. The van der Waals surface area contributed by atoms with E-state index in [2.05, 4.69) is 13.8 Å². The summed E-state index contributed by atoms with van der Waals surface area (Å²) in [6.45, 7) is 6.39. The second-order valence-corrected chi connectivity index (χ2v) is 9.53. The van der Waals surface area contributed by atoms with Gasteiger partial charge in [0.15, 0.2) is 0 Å². The number of fused-ring (bicyclic) bond motifs is 5. The molecule has 2 nitrogen and oxygen atoms in total. The third kappa shape index (κ3) is 2.27. The summed E-state index contributed by atoms with van der Waals surface area (Å²) < 4.78 is 0. The van der Waals surface area contributed by atoms with Gasteiger partial charge < -0.3 is 0 Å². The number of hydrogen-bond donors (Lipinski definition) is 0. The average molecular weight is 316 g/mol. The van der Waals surface area contributed by atoms with Crippen LogP contribution in [0.5, 0.6) is 0 Å². The molecule has 8 atom stereocenters.